The number of carbonyl (C=O) groups excluding carboxylic acids is 2. The van der Waals surface area contributed by atoms with Crippen molar-refractivity contribution in [3.8, 4) is 11.5 Å². The van der Waals surface area contributed by atoms with Crippen molar-refractivity contribution in [3.63, 3.8) is 0 Å². The number of imide groups is 1. The van der Waals surface area contributed by atoms with Crippen LogP contribution >= 0.6 is 11.6 Å². The Kier molecular flexibility index (Phi) is 4.64. The van der Waals surface area contributed by atoms with Crippen molar-refractivity contribution in [2.45, 2.75) is 6.18 Å². The molecule has 1 heterocycles. The predicted octanol–water partition coefficient (Wildman–Crippen LogP) is 4.28. The zero-order valence-corrected chi connectivity index (χ0v) is 13.6. The van der Waals surface area contributed by atoms with Gasteiger partial charge in [-0.2, -0.15) is 13.2 Å². The largest absolute Gasteiger partial charge is 0.454 e. The topological polar surface area (TPSA) is 67.9 Å². The minimum atomic E-state index is -4.61. The van der Waals surface area contributed by atoms with Gasteiger partial charge in [0.05, 0.1) is 22.0 Å². The van der Waals surface area contributed by atoms with Crippen molar-refractivity contribution in [1.82, 2.24) is 0 Å². The van der Waals surface area contributed by atoms with Gasteiger partial charge in [-0.3, -0.25) is 4.79 Å². The number of hydrogen-bond donors (Lipinski definition) is 1. The van der Waals surface area contributed by atoms with Crippen LogP contribution in [0.2, 0.25) is 5.02 Å². The number of urea groups is 1. The van der Waals surface area contributed by atoms with Gasteiger partial charge in [0.2, 0.25) is 13.2 Å². The molecule has 0 aliphatic carbocycles. The normalized spacial score (nSPS) is 12.6. The summed E-state index contributed by atoms with van der Waals surface area (Å²) >= 11 is 6.03. The molecule has 1 aliphatic heterocycles. The van der Waals surface area contributed by atoms with Crippen LogP contribution in [0.3, 0.4) is 0 Å². The highest BCUT2D eigenvalue weighted by Gasteiger charge is 2.31. The molecule has 0 spiro atoms. The van der Waals surface area contributed by atoms with E-state index in [2.05, 4.69) is 5.32 Å². The molecule has 3 rings (SSSR count). The molecule has 0 atom stereocenters. The summed E-state index contributed by atoms with van der Waals surface area (Å²) in [6.07, 6.45) is -4.51. The van der Waals surface area contributed by atoms with Crippen molar-refractivity contribution in [3.05, 3.63) is 47.0 Å². The van der Waals surface area contributed by atoms with Gasteiger partial charge < -0.3 is 14.8 Å². The zero-order valence-electron chi connectivity index (χ0n) is 12.8. The highest BCUT2D eigenvalue weighted by atomic mass is 35.5. The van der Waals surface area contributed by atoms with E-state index < -0.39 is 17.8 Å². The SMILES string of the molecule is O=CN(C(=O)Nc1cc2c(cc1Cl)OCO2)c1cccc(C(F)(F)F)c1. The van der Waals surface area contributed by atoms with Crippen LogP contribution in [0.5, 0.6) is 11.5 Å². The minimum Gasteiger partial charge on any atom is -0.454 e. The molecule has 0 fully saturated rings. The average molecular weight is 387 g/mol. The standard InChI is InChI=1S/C16H10ClF3N2O4/c17-11-5-13-14(26-8-25-13)6-12(11)21-15(24)22(7-23)10-3-1-2-9(4-10)16(18,19)20/h1-7H,8H2,(H,21,24). The number of hydrogen-bond acceptors (Lipinski definition) is 4. The van der Waals surface area contributed by atoms with Crippen molar-refractivity contribution >= 4 is 35.4 Å². The van der Waals surface area contributed by atoms with Gasteiger partial charge in [-0.15, -0.1) is 0 Å². The first-order valence-corrected chi connectivity index (χ1v) is 7.49. The lowest BCUT2D eigenvalue weighted by atomic mass is 10.2. The molecule has 3 amide bonds. The average Bonchev–Trinajstić information content (AvgIpc) is 3.02. The Hall–Kier alpha value is -2.94. The number of ether oxygens (including phenoxy) is 2. The highest BCUT2D eigenvalue weighted by molar-refractivity contribution is 6.34. The summed E-state index contributed by atoms with van der Waals surface area (Å²) in [5.74, 6) is 0.722. The number of rotatable bonds is 3. The zero-order chi connectivity index (χ0) is 18.9. The lowest BCUT2D eigenvalue weighted by Gasteiger charge is -2.18. The Morgan fingerprint density at radius 3 is 2.54 bits per heavy atom. The fourth-order valence-electron chi connectivity index (χ4n) is 2.25. The third-order valence-corrected chi connectivity index (χ3v) is 3.79. The van der Waals surface area contributed by atoms with Crippen molar-refractivity contribution in [1.29, 1.82) is 0 Å². The quantitative estimate of drug-likeness (QED) is 0.799. The van der Waals surface area contributed by atoms with Crippen molar-refractivity contribution < 1.29 is 32.2 Å². The summed E-state index contributed by atoms with van der Waals surface area (Å²) < 4.78 is 48.7. The highest BCUT2D eigenvalue weighted by Crippen LogP contribution is 2.39. The maximum absolute atomic E-state index is 12.8. The number of amides is 3. The molecule has 136 valence electrons. The van der Waals surface area contributed by atoms with Crippen LogP contribution in [-0.4, -0.2) is 19.2 Å². The number of nitrogens with zero attached hydrogens (tertiary/aromatic N) is 1. The second kappa shape index (κ2) is 6.75. The molecule has 10 heteroatoms. The van der Waals surface area contributed by atoms with Crippen LogP contribution in [0.15, 0.2) is 36.4 Å². The lowest BCUT2D eigenvalue weighted by molar-refractivity contribution is -0.137. The minimum absolute atomic E-state index is 0.00619. The van der Waals surface area contributed by atoms with Crippen LogP contribution in [-0.2, 0) is 11.0 Å². The summed E-state index contributed by atoms with van der Waals surface area (Å²) in [6, 6.07) is 5.63. The molecule has 0 saturated carbocycles. The Bertz CT molecular complexity index is 873. The van der Waals surface area contributed by atoms with E-state index in [1.165, 1.54) is 18.2 Å². The second-order valence-corrected chi connectivity index (χ2v) is 5.55. The molecule has 1 N–H and O–H groups in total. The summed E-state index contributed by atoms with van der Waals surface area (Å²) in [6.45, 7) is -0.00619. The Balaban J connectivity index is 1.85. The number of carbonyl (C=O) groups is 2. The summed E-state index contributed by atoms with van der Waals surface area (Å²) in [5.41, 5.74) is -1.13. The third kappa shape index (κ3) is 3.52. The van der Waals surface area contributed by atoms with E-state index in [1.807, 2.05) is 0 Å². The summed E-state index contributed by atoms with van der Waals surface area (Å²) in [7, 11) is 0. The first-order valence-electron chi connectivity index (χ1n) is 7.11. The van der Waals surface area contributed by atoms with E-state index in [0.717, 1.165) is 12.1 Å². The summed E-state index contributed by atoms with van der Waals surface area (Å²) in [4.78, 5) is 24.1. The van der Waals surface area contributed by atoms with Gasteiger partial charge in [0.1, 0.15) is 0 Å². The number of fused-ring (bicyclic) bond motifs is 1. The summed E-state index contributed by atoms with van der Waals surface area (Å²) in [5, 5.41) is 2.46. The maximum atomic E-state index is 12.8. The van der Waals surface area contributed by atoms with Gasteiger partial charge in [0, 0.05) is 12.1 Å². The number of nitrogens with one attached hydrogen (secondary N) is 1. The molecule has 0 bridgehead atoms. The van der Waals surface area contributed by atoms with Gasteiger partial charge in [-0.25, -0.2) is 9.69 Å². The van der Waals surface area contributed by atoms with Gasteiger partial charge in [-0.1, -0.05) is 17.7 Å². The van der Waals surface area contributed by atoms with Crippen LogP contribution in [0.1, 0.15) is 5.56 Å². The molecule has 0 unspecified atom stereocenters. The Morgan fingerprint density at radius 1 is 1.19 bits per heavy atom. The molecule has 0 aromatic heterocycles. The fraction of sp³-hybridized carbons (Fsp3) is 0.125. The number of alkyl halides is 3. The van der Waals surface area contributed by atoms with Gasteiger partial charge in [0.15, 0.2) is 11.5 Å². The Morgan fingerprint density at radius 2 is 1.88 bits per heavy atom. The van der Waals surface area contributed by atoms with Gasteiger partial charge >= 0.3 is 12.2 Å². The predicted molar refractivity (Wildman–Crippen MR) is 86.6 cm³/mol. The van der Waals surface area contributed by atoms with E-state index in [4.69, 9.17) is 21.1 Å². The first kappa shape index (κ1) is 17.9. The molecule has 0 saturated heterocycles. The monoisotopic (exact) mass is 386 g/mol. The molecule has 2 aromatic carbocycles. The van der Waals surface area contributed by atoms with Crippen LogP contribution in [0, 0.1) is 0 Å². The molecule has 26 heavy (non-hydrogen) atoms. The molecule has 6 nitrogen and oxygen atoms in total. The molecule has 0 radical (unpaired) electrons. The smallest absolute Gasteiger partial charge is 0.416 e. The first-order chi connectivity index (χ1) is 12.3. The number of halogens is 4. The maximum Gasteiger partial charge on any atom is 0.416 e. The van der Waals surface area contributed by atoms with E-state index in [1.54, 1.807) is 0 Å². The van der Waals surface area contributed by atoms with E-state index in [9.17, 15) is 22.8 Å². The van der Waals surface area contributed by atoms with Crippen molar-refractivity contribution in [2.24, 2.45) is 0 Å². The molecular formula is C16H10ClF3N2O4. The molecule has 1 aliphatic rings. The fourth-order valence-corrected chi connectivity index (χ4v) is 2.45. The van der Waals surface area contributed by atoms with Crippen LogP contribution in [0.25, 0.3) is 0 Å². The van der Waals surface area contributed by atoms with Crippen LogP contribution < -0.4 is 19.7 Å². The number of benzene rings is 2. The van der Waals surface area contributed by atoms with Gasteiger partial charge in [-0.05, 0) is 18.2 Å². The number of anilines is 2. The molecule has 2 aromatic rings. The van der Waals surface area contributed by atoms with E-state index in [-0.39, 0.29) is 29.6 Å². The van der Waals surface area contributed by atoms with Crippen molar-refractivity contribution in [2.75, 3.05) is 17.0 Å². The van der Waals surface area contributed by atoms with Gasteiger partial charge in [0.25, 0.3) is 0 Å². The third-order valence-electron chi connectivity index (χ3n) is 3.48. The second-order valence-electron chi connectivity index (χ2n) is 5.14. The van der Waals surface area contributed by atoms with E-state index >= 15 is 0 Å². The Labute approximate surface area is 150 Å². The molecular weight excluding hydrogens is 377 g/mol. The lowest BCUT2D eigenvalue weighted by Crippen LogP contribution is -2.34. The van der Waals surface area contributed by atoms with E-state index in [0.29, 0.717) is 22.5 Å². The van der Waals surface area contributed by atoms with Crippen LogP contribution in [0.4, 0.5) is 29.3 Å².